The Balaban J connectivity index is 1.60. The maximum Gasteiger partial charge on any atom is 0.270 e. The molecule has 5 heteroatoms. The molecule has 0 atom stereocenters. The lowest BCUT2D eigenvalue weighted by molar-refractivity contribution is 0.0927. The first-order valence-electron chi connectivity index (χ1n) is 9.73. The Hall–Kier alpha value is -2.69. The standard InChI is InChI=1S/C22H27N3O2/c1-16-8-6-9-17(14-16)15-23-21(26)19-12-7-13-20(25-19)22(27)24-18-10-4-2-3-5-11-18/h6-9,12-14,18H,2-5,10-11,15H2,1H3,(H,23,26)(H,24,27). The molecule has 1 aliphatic carbocycles. The van der Waals surface area contributed by atoms with Gasteiger partial charge in [-0.25, -0.2) is 4.98 Å². The smallest absolute Gasteiger partial charge is 0.270 e. The van der Waals surface area contributed by atoms with Crippen LogP contribution in [0.1, 0.15) is 70.6 Å². The molecule has 3 rings (SSSR count). The van der Waals surface area contributed by atoms with Crippen LogP contribution in [0.25, 0.3) is 0 Å². The SMILES string of the molecule is Cc1cccc(CNC(=O)c2cccc(C(=O)NC3CCCCCC3)n2)c1. The Kier molecular flexibility index (Phi) is 6.58. The van der Waals surface area contributed by atoms with Crippen LogP contribution in [0.3, 0.4) is 0 Å². The van der Waals surface area contributed by atoms with Crippen LogP contribution in [-0.2, 0) is 6.54 Å². The number of carbonyl (C=O) groups is 2. The van der Waals surface area contributed by atoms with E-state index in [1.54, 1.807) is 18.2 Å². The Morgan fingerprint density at radius 2 is 1.63 bits per heavy atom. The summed E-state index contributed by atoms with van der Waals surface area (Å²) >= 11 is 0. The third-order valence-corrected chi connectivity index (χ3v) is 4.94. The quantitative estimate of drug-likeness (QED) is 0.792. The normalized spacial score (nSPS) is 15.0. The molecule has 0 bridgehead atoms. The number of aromatic nitrogens is 1. The van der Waals surface area contributed by atoms with E-state index in [2.05, 4.69) is 15.6 Å². The minimum Gasteiger partial charge on any atom is -0.348 e. The van der Waals surface area contributed by atoms with Gasteiger partial charge in [0.2, 0.25) is 0 Å². The second kappa shape index (κ2) is 9.31. The van der Waals surface area contributed by atoms with E-state index in [9.17, 15) is 9.59 Å². The van der Waals surface area contributed by atoms with Crippen molar-refractivity contribution in [2.24, 2.45) is 0 Å². The summed E-state index contributed by atoms with van der Waals surface area (Å²) < 4.78 is 0. The fourth-order valence-corrected chi connectivity index (χ4v) is 3.47. The molecule has 5 nitrogen and oxygen atoms in total. The number of rotatable bonds is 5. The molecule has 1 heterocycles. The summed E-state index contributed by atoms with van der Waals surface area (Å²) in [6, 6.07) is 13.2. The zero-order valence-electron chi connectivity index (χ0n) is 15.8. The fourth-order valence-electron chi connectivity index (χ4n) is 3.47. The van der Waals surface area contributed by atoms with Gasteiger partial charge in [0, 0.05) is 12.6 Å². The lowest BCUT2D eigenvalue weighted by Gasteiger charge is -2.16. The summed E-state index contributed by atoms with van der Waals surface area (Å²) in [5.41, 5.74) is 2.74. The number of carbonyl (C=O) groups excluding carboxylic acids is 2. The lowest BCUT2D eigenvalue weighted by Crippen LogP contribution is -2.35. The Labute approximate surface area is 160 Å². The van der Waals surface area contributed by atoms with Gasteiger partial charge in [0.25, 0.3) is 11.8 Å². The summed E-state index contributed by atoms with van der Waals surface area (Å²) in [6.45, 7) is 2.45. The summed E-state index contributed by atoms with van der Waals surface area (Å²) in [6.07, 6.45) is 6.81. The van der Waals surface area contributed by atoms with E-state index in [4.69, 9.17) is 0 Å². The van der Waals surface area contributed by atoms with Gasteiger partial charge in [-0.15, -0.1) is 0 Å². The molecule has 0 saturated heterocycles. The topological polar surface area (TPSA) is 71.1 Å². The van der Waals surface area contributed by atoms with Crippen molar-refractivity contribution in [1.29, 1.82) is 0 Å². The molecule has 1 saturated carbocycles. The third-order valence-electron chi connectivity index (χ3n) is 4.94. The van der Waals surface area contributed by atoms with Gasteiger partial charge in [-0.05, 0) is 37.5 Å². The van der Waals surface area contributed by atoms with Crippen molar-refractivity contribution in [3.05, 3.63) is 65.0 Å². The molecule has 2 N–H and O–H groups in total. The van der Waals surface area contributed by atoms with Crippen LogP contribution in [0.15, 0.2) is 42.5 Å². The summed E-state index contributed by atoms with van der Waals surface area (Å²) in [5.74, 6) is -0.476. The first-order chi connectivity index (χ1) is 13.1. The molecule has 2 aromatic rings. The highest BCUT2D eigenvalue weighted by Crippen LogP contribution is 2.17. The van der Waals surface area contributed by atoms with Gasteiger partial charge in [-0.3, -0.25) is 9.59 Å². The molecule has 0 spiro atoms. The lowest BCUT2D eigenvalue weighted by atomic mass is 10.1. The maximum atomic E-state index is 12.5. The van der Waals surface area contributed by atoms with Gasteiger partial charge in [0.15, 0.2) is 0 Å². The third kappa shape index (κ3) is 5.64. The molecule has 2 amide bonds. The van der Waals surface area contributed by atoms with Crippen LogP contribution in [0.2, 0.25) is 0 Å². The predicted molar refractivity (Wildman–Crippen MR) is 106 cm³/mol. The van der Waals surface area contributed by atoms with Crippen LogP contribution >= 0.6 is 0 Å². The van der Waals surface area contributed by atoms with E-state index in [0.29, 0.717) is 12.2 Å². The number of nitrogens with one attached hydrogen (secondary N) is 2. The highest BCUT2D eigenvalue weighted by molar-refractivity contribution is 5.96. The second-order valence-electron chi connectivity index (χ2n) is 7.24. The molecule has 1 aromatic carbocycles. The average molecular weight is 365 g/mol. The number of amides is 2. The van der Waals surface area contributed by atoms with Crippen molar-refractivity contribution in [2.75, 3.05) is 0 Å². The van der Waals surface area contributed by atoms with Crippen molar-refractivity contribution in [3.8, 4) is 0 Å². The maximum absolute atomic E-state index is 12.5. The van der Waals surface area contributed by atoms with Crippen molar-refractivity contribution in [2.45, 2.75) is 58.0 Å². The molecule has 0 unspecified atom stereocenters. The Morgan fingerprint density at radius 3 is 2.33 bits per heavy atom. The monoisotopic (exact) mass is 365 g/mol. The van der Waals surface area contributed by atoms with Gasteiger partial charge in [-0.2, -0.15) is 0 Å². The molecule has 1 fully saturated rings. The summed E-state index contributed by atoms with van der Waals surface area (Å²) in [4.78, 5) is 29.2. The molecular weight excluding hydrogens is 338 g/mol. The highest BCUT2D eigenvalue weighted by Gasteiger charge is 2.17. The van der Waals surface area contributed by atoms with Crippen molar-refractivity contribution in [1.82, 2.24) is 15.6 Å². The number of nitrogens with zero attached hydrogens (tertiary/aromatic N) is 1. The second-order valence-corrected chi connectivity index (χ2v) is 7.24. The number of aryl methyl sites for hydroxylation is 1. The molecule has 1 aromatic heterocycles. The minimum atomic E-state index is -0.277. The van der Waals surface area contributed by atoms with E-state index < -0.39 is 0 Å². The fraction of sp³-hybridized carbons (Fsp3) is 0.409. The van der Waals surface area contributed by atoms with E-state index in [-0.39, 0.29) is 23.6 Å². The van der Waals surface area contributed by atoms with Crippen molar-refractivity contribution >= 4 is 11.8 Å². The van der Waals surface area contributed by atoms with Crippen molar-refractivity contribution in [3.63, 3.8) is 0 Å². The Morgan fingerprint density at radius 1 is 0.963 bits per heavy atom. The van der Waals surface area contributed by atoms with Crippen LogP contribution in [0, 0.1) is 6.92 Å². The highest BCUT2D eigenvalue weighted by atomic mass is 16.2. The number of benzene rings is 1. The molecule has 142 valence electrons. The molecular formula is C22H27N3O2. The molecule has 0 aliphatic heterocycles. The predicted octanol–water partition coefficient (Wildman–Crippen LogP) is 3.77. The van der Waals surface area contributed by atoms with E-state index in [0.717, 1.165) is 36.8 Å². The number of pyridine rings is 1. The van der Waals surface area contributed by atoms with Crippen LogP contribution < -0.4 is 10.6 Å². The van der Waals surface area contributed by atoms with Gasteiger partial charge >= 0.3 is 0 Å². The van der Waals surface area contributed by atoms with Crippen LogP contribution in [-0.4, -0.2) is 22.8 Å². The number of hydrogen-bond acceptors (Lipinski definition) is 3. The van der Waals surface area contributed by atoms with E-state index >= 15 is 0 Å². The molecule has 0 radical (unpaired) electrons. The van der Waals surface area contributed by atoms with Gasteiger partial charge in [-0.1, -0.05) is 61.6 Å². The van der Waals surface area contributed by atoms with Gasteiger partial charge in [0.1, 0.15) is 11.4 Å². The average Bonchev–Trinajstić information content (AvgIpc) is 2.95. The van der Waals surface area contributed by atoms with Gasteiger partial charge < -0.3 is 10.6 Å². The molecule has 1 aliphatic rings. The van der Waals surface area contributed by atoms with E-state index in [1.165, 1.54) is 12.8 Å². The van der Waals surface area contributed by atoms with E-state index in [1.807, 2.05) is 31.2 Å². The van der Waals surface area contributed by atoms with Crippen LogP contribution in [0.5, 0.6) is 0 Å². The Bertz CT molecular complexity index is 796. The number of hydrogen-bond donors (Lipinski definition) is 2. The summed E-state index contributed by atoms with van der Waals surface area (Å²) in [7, 11) is 0. The zero-order chi connectivity index (χ0) is 19.1. The van der Waals surface area contributed by atoms with Crippen LogP contribution in [0.4, 0.5) is 0 Å². The minimum absolute atomic E-state index is 0.199. The van der Waals surface area contributed by atoms with Gasteiger partial charge in [0.05, 0.1) is 0 Å². The largest absolute Gasteiger partial charge is 0.348 e. The zero-order valence-corrected chi connectivity index (χ0v) is 15.8. The molecule has 27 heavy (non-hydrogen) atoms. The first kappa shape index (κ1) is 19.1. The summed E-state index contributed by atoms with van der Waals surface area (Å²) in [5, 5.41) is 5.94. The first-order valence-corrected chi connectivity index (χ1v) is 9.73. The van der Waals surface area contributed by atoms with Crippen molar-refractivity contribution < 1.29 is 9.59 Å².